The Hall–Kier alpha value is -2.14. The summed E-state index contributed by atoms with van der Waals surface area (Å²) in [6.07, 6.45) is 3.34. The summed E-state index contributed by atoms with van der Waals surface area (Å²) in [5, 5.41) is 1.63. The minimum absolute atomic E-state index is 0.360. The highest BCUT2D eigenvalue weighted by molar-refractivity contribution is 9.10. The number of hydrogen-bond donors (Lipinski definition) is 1. The minimum Gasteiger partial charge on any atom is -0.455 e. The molecule has 0 saturated heterocycles. The number of anilines is 1. The van der Waals surface area contributed by atoms with Crippen LogP contribution in [-0.4, -0.2) is 4.98 Å². The zero-order chi connectivity index (χ0) is 14.1. The molecule has 3 aromatic rings. The first-order chi connectivity index (χ1) is 9.65. The van der Waals surface area contributed by atoms with Crippen molar-refractivity contribution >= 4 is 32.4 Å². The van der Waals surface area contributed by atoms with Crippen molar-refractivity contribution in [2.24, 2.45) is 0 Å². The average molecular weight is 333 g/mol. The van der Waals surface area contributed by atoms with Crippen LogP contribution in [0.3, 0.4) is 0 Å². The fourth-order valence-electron chi connectivity index (χ4n) is 1.95. The second-order valence-corrected chi connectivity index (χ2v) is 5.11. The van der Waals surface area contributed by atoms with E-state index in [2.05, 4.69) is 20.9 Å². The largest absolute Gasteiger partial charge is 0.455 e. The molecule has 0 spiro atoms. The van der Waals surface area contributed by atoms with Crippen molar-refractivity contribution in [2.75, 3.05) is 5.73 Å². The maximum absolute atomic E-state index is 13.3. The second kappa shape index (κ2) is 5.09. The fraction of sp³-hybridized carbons (Fsp3) is 0. The number of halogens is 2. The van der Waals surface area contributed by atoms with Crippen molar-refractivity contribution in [3.05, 3.63) is 59.1 Å². The van der Waals surface area contributed by atoms with Crippen LogP contribution in [0.5, 0.6) is 11.5 Å². The van der Waals surface area contributed by atoms with E-state index in [0.717, 1.165) is 10.8 Å². The summed E-state index contributed by atoms with van der Waals surface area (Å²) in [6, 6.07) is 9.60. The summed E-state index contributed by atoms with van der Waals surface area (Å²) in [5.41, 5.74) is 6.57. The van der Waals surface area contributed by atoms with Crippen LogP contribution in [0.4, 0.5) is 10.1 Å². The van der Waals surface area contributed by atoms with Crippen molar-refractivity contribution in [1.29, 1.82) is 0 Å². The van der Waals surface area contributed by atoms with Gasteiger partial charge in [0.05, 0.1) is 4.47 Å². The molecule has 3 rings (SSSR count). The first-order valence-corrected chi connectivity index (χ1v) is 6.69. The van der Waals surface area contributed by atoms with Crippen LogP contribution < -0.4 is 10.5 Å². The smallest absolute Gasteiger partial charge is 0.144 e. The lowest BCUT2D eigenvalue weighted by atomic mass is 10.1. The molecule has 1 aromatic heterocycles. The van der Waals surface area contributed by atoms with Gasteiger partial charge in [0, 0.05) is 34.9 Å². The third-order valence-corrected chi connectivity index (χ3v) is 3.58. The molecule has 0 bridgehead atoms. The summed E-state index contributed by atoms with van der Waals surface area (Å²) in [5.74, 6) is 0.620. The summed E-state index contributed by atoms with van der Waals surface area (Å²) in [4.78, 5) is 4.07. The van der Waals surface area contributed by atoms with Crippen LogP contribution in [0.1, 0.15) is 0 Å². The number of nitrogens with two attached hydrogens (primary N) is 1. The highest BCUT2D eigenvalue weighted by Gasteiger charge is 2.09. The lowest BCUT2D eigenvalue weighted by Gasteiger charge is -2.11. The van der Waals surface area contributed by atoms with Gasteiger partial charge < -0.3 is 10.5 Å². The van der Waals surface area contributed by atoms with Crippen molar-refractivity contribution in [3.8, 4) is 11.5 Å². The van der Waals surface area contributed by atoms with E-state index in [1.807, 2.05) is 6.07 Å². The van der Waals surface area contributed by atoms with Gasteiger partial charge in [-0.15, -0.1) is 0 Å². The van der Waals surface area contributed by atoms with Gasteiger partial charge in [0.15, 0.2) is 0 Å². The number of ether oxygens (including phenoxy) is 1. The van der Waals surface area contributed by atoms with E-state index in [0.29, 0.717) is 21.7 Å². The molecule has 0 amide bonds. The lowest BCUT2D eigenvalue weighted by Crippen LogP contribution is -1.92. The van der Waals surface area contributed by atoms with Crippen molar-refractivity contribution in [2.45, 2.75) is 0 Å². The van der Waals surface area contributed by atoms with Gasteiger partial charge in [-0.25, -0.2) is 4.39 Å². The molecule has 0 atom stereocenters. The second-order valence-electron chi connectivity index (χ2n) is 4.25. The Morgan fingerprint density at radius 2 is 1.90 bits per heavy atom. The van der Waals surface area contributed by atoms with E-state index in [4.69, 9.17) is 10.5 Å². The monoisotopic (exact) mass is 332 g/mol. The average Bonchev–Trinajstić information content (AvgIpc) is 2.46. The Morgan fingerprint density at radius 3 is 2.75 bits per heavy atom. The molecule has 0 aliphatic heterocycles. The van der Waals surface area contributed by atoms with E-state index in [1.165, 1.54) is 12.1 Å². The van der Waals surface area contributed by atoms with E-state index in [1.54, 1.807) is 30.6 Å². The van der Waals surface area contributed by atoms with E-state index in [-0.39, 0.29) is 5.82 Å². The number of aromatic nitrogens is 1. The summed E-state index contributed by atoms with van der Waals surface area (Å²) < 4.78 is 19.7. The molecule has 0 unspecified atom stereocenters. The molecule has 0 fully saturated rings. The molecule has 2 aromatic carbocycles. The summed E-state index contributed by atoms with van der Waals surface area (Å²) >= 11 is 3.33. The first kappa shape index (κ1) is 12.9. The normalized spacial score (nSPS) is 10.7. The molecule has 1 heterocycles. The zero-order valence-corrected chi connectivity index (χ0v) is 11.9. The first-order valence-electron chi connectivity index (χ1n) is 5.90. The van der Waals surface area contributed by atoms with Crippen LogP contribution in [0.2, 0.25) is 0 Å². The third-order valence-electron chi connectivity index (χ3n) is 2.92. The van der Waals surface area contributed by atoms with Gasteiger partial charge in [0.2, 0.25) is 0 Å². The molecule has 100 valence electrons. The van der Waals surface area contributed by atoms with Gasteiger partial charge in [-0.1, -0.05) is 0 Å². The third kappa shape index (κ3) is 2.32. The number of rotatable bonds is 2. The Morgan fingerprint density at radius 1 is 1.05 bits per heavy atom. The van der Waals surface area contributed by atoms with Gasteiger partial charge in [-0.2, -0.15) is 0 Å². The number of benzene rings is 2. The van der Waals surface area contributed by atoms with Crippen LogP contribution in [-0.2, 0) is 0 Å². The highest BCUT2D eigenvalue weighted by Crippen LogP contribution is 2.35. The lowest BCUT2D eigenvalue weighted by molar-refractivity contribution is 0.479. The minimum atomic E-state index is -0.360. The summed E-state index contributed by atoms with van der Waals surface area (Å²) in [7, 11) is 0. The SMILES string of the molecule is Nc1ccc(Oc2cc(F)ccc2Br)c2cnccc12. The molecule has 20 heavy (non-hydrogen) atoms. The Balaban J connectivity index is 2.11. The molecule has 0 saturated carbocycles. The zero-order valence-electron chi connectivity index (χ0n) is 10.3. The summed E-state index contributed by atoms with van der Waals surface area (Å²) in [6.45, 7) is 0. The maximum Gasteiger partial charge on any atom is 0.144 e. The number of nitrogens with zero attached hydrogens (tertiary/aromatic N) is 1. The number of nitrogen functional groups attached to an aromatic ring is 1. The van der Waals surface area contributed by atoms with Crippen LogP contribution in [0.25, 0.3) is 10.8 Å². The quantitative estimate of drug-likeness (QED) is 0.702. The molecule has 5 heteroatoms. The van der Waals surface area contributed by atoms with Crippen LogP contribution in [0.15, 0.2) is 53.3 Å². The van der Waals surface area contributed by atoms with E-state index < -0.39 is 0 Å². The number of pyridine rings is 1. The highest BCUT2D eigenvalue weighted by atomic mass is 79.9. The molecular weight excluding hydrogens is 323 g/mol. The van der Waals surface area contributed by atoms with Gasteiger partial charge in [0.25, 0.3) is 0 Å². The Bertz CT molecular complexity index is 792. The predicted molar refractivity (Wildman–Crippen MR) is 80.3 cm³/mol. The van der Waals surface area contributed by atoms with Crippen LogP contribution in [0, 0.1) is 5.82 Å². The van der Waals surface area contributed by atoms with Gasteiger partial charge in [-0.3, -0.25) is 4.98 Å². The standard InChI is InChI=1S/C15H10BrFN2O/c16-12-2-1-9(17)7-15(12)20-14-4-3-13(18)10-5-6-19-8-11(10)14/h1-8H,18H2. The van der Waals surface area contributed by atoms with Crippen molar-refractivity contribution in [1.82, 2.24) is 4.98 Å². The maximum atomic E-state index is 13.3. The Labute approximate surface area is 123 Å². The Kier molecular flexibility index (Phi) is 3.28. The van der Waals surface area contributed by atoms with E-state index >= 15 is 0 Å². The van der Waals surface area contributed by atoms with Crippen LogP contribution >= 0.6 is 15.9 Å². The van der Waals surface area contributed by atoms with Crippen molar-refractivity contribution < 1.29 is 9.13 Å². The van der Waals surface area contributed by atoms with Crippen molar-refractivity contribution in [3.63, 3.8) is 0 Å². The van der Waals surface area contributed by atoms with Gasteiger partial charge >= 0.3 is 0 Å². The number of hydrogen-bond acceptors (Lipinski definition) is 3. The molecule has 0 aliphatic carbocycles. The topological polar surface area (TPSA) is 48.1 Å². The molecule has 2 N–H and O–H groups in total. The molecule has 0 aliphatic rings. The van der Waals surface area contributed by atoms with Gasteiger partial charge in [0.1, 0.15) is 17.3 Å². The fourth-order valence-corrected chi connectivity index (χ4v) is 2.28. The molecule has 0 radical (unpaired) electrons. The van der Waals surface area contributed by atoms with Gasteiger partial charge in [-0.05, 0) is 46.3 Å². The number of fused-ring (bicyclic) bond motifs is 1. The predicted octanol–water partition coefficient (Wildman–Crippen LogP) is 4.51. The molecular formula is C15H10BrFN2O. The van der Waals surface area contributed by atoms with E-state index in [9.17, 15) is 4.39 Å². The molecule has 3 nitrogen and oxygen atoms in total.